The van der Waals surface area contributed by atoms with E-state index in [4.69, 9.17) is 13.9 Å². The van der Waals surface area contributed by atoms with Crippen molar-refractivity contribution in [3.8, 4) is 0 Å². The van der Waals surface area contributed by atoms with Gasteiger partial charge in [-0.15, -0.1) is 0 Å². The number of fused-ring (bicyclic) bond motifs is 6. The molecule has 4 nitrogen and oxygen atoms in total. The highest BCUT2D eigenvalue weighted by Crippen LogP contribution is 2.71. The number of hydrogen-bond donors (Lipinski definition) is 0. The van der Waals surface area contributed by atoms with E-state index in [1.165, 1.54) is 12.0 Å². The van der Waals surface area contributed by atoms with Crippen molar-refractivity contribution in [2.45, 2.75) is 135 Å². The quantitative estimate of drug-likeness (QED) is 0.176. The first kappa shape index (κ1) is 29.6. The molecule has 1 aromatic carbocycles. The first-order chi connectivity index (χ1) is 19.6. The predicted octanol–water partition coefficient (Wildman–Crippen LogP) is 8.86. The van der Waals surface area contributed by atoms with E-state index in [1.54, 1.807) is 5.57 Å². The molecule has 226 valence electrons. The monoisotopic (exact) mass is 578 g/mol. The second kappa shape index (κ2) is 10.9. The molecule has 1 aromatic rings. The fraction of sp³-hybridized carbons (Fsp3) is 0.750. The van der Waals surface area contributed by atoms with E-state index < -0.39 is 8.32 Å². The molecule has 0 unspecified atom stereocenters. The minimum absolute atomic E-state index is 0.0110. The van der Waals surface area contributed by atoms with Crippen molar-refractivity contribution in [1.82, 2.24) is 0 Å². The molecule has 0 amide bonds. The summed E-state index contributed by atoms with van der Waals surface area (Å²) in [6.07, 6.45) is 11.5. The highest BCUT2D eigenvalue weighted by Gasteiger charge is 2.72. The van der Waals surface area contributed by atoms with Gasteiger partial charge in [0.1, 0.15) is 5.60 Å². The van der Waals surface area contributed by atoms with Crippen LogP contribution in [0.3, 0.4) is 0 Å². The van der Waals surface area contributed by atoms with Crippen molar-refractivity contribution < 1.29 is 18.7 Å². The fourth-order valence-corrected chi connectivity index (χ4v) is 13.7. The van der Waals surface area contributed by atoms with Crippen LogP contribution < -0.4 is 0 Å². The molecule has 1 aliphatic heterocycles. The van der Waals surface area contributed by atoms with Crippen LogP contribution >= 0.6 is 0 Å². The minimum Gasteiger partial charge on any atom is -0.458 e. The molecule has 4 fully saturated rings. The van der Waals surface area contributed by atoms with E-state index in [-0.39, 0.29) is 34.4 Å². The van der Waals surface area contributed by atoms with Crippen molar-refractivity contribution in [3.63, 3.8) is 0 Å². The Morgan fingerprint density at radius 1 is 0.976 bits per heavy atom. The Hall–Kier alpha value is -1.43. The molecule has 0 bridgehead atoms. The molecule has 0 aromatic heterocycles. The Bertz CT molecular complexity index is 1140. The number of ether oxygens (including phenoxy) is 2. The van der Waals surface area contributed by atoms with Crippen LogP contribution in [0, 0.1) is 34.5 Å². The molecule has 0 radical (unpaired) electrons. The Morgan fingerprint density at radius 3 is 2.37 bits per heavy atom. The van der Waals surface area contributed by atoms with E-state index in [0.29, 0.717) is 36.9 Å². The largest absolute Gasteiger partial charge is 0.458 e. The Morgan fingerprint density at radius 2 is 1.71 bits per heavy atom. The number of carbonyl (C=O) groups excluding carboxylic acids is 1. The lowest BCUT2D eigenvalue weighted by atomic mass is 9.45. The Balaban J connectivity index is 1.31. The zero-order chi connectivity index (χ0) is 29.0. The van der Waals surface area contributed by atoms with Crippen LogP contribution in [0.25, 0.3) is 0 Å². The number of carbonyl (C=O) groups is 1. The van der Waals surface area contributed by atoms with E-state index in [9.17, 15) is 4.79 Å². The van der Waals surface area contributed by atoms with E-state index in [1.807, 2.05) is 0 Å². The van der Waals surface area contributed by atoms with Crippen LogP contribution in [-0.2, 0) is 25.3 Å². The highest BCUT2D eigenvalue weighted by atomic mass is 28.4. The summed E-state index contributed by atoms with van der Waals surface area (Å²) in [5.41, 5.74) is 2.63. The van der Waals surface area contributed by atoms with Crippen molar-refractivity contribution in [2.24, 2.45) is 34.5 Å². The molecule has 1 spiro atoms. The summed E-state index contributed by atoms with van der Waals surface area (Å²) in [7, 11) is -1.87. The van der Waals surface area contributed by atoms with E-state index in [2.05, 4.69) is 78.0 Å². The second-order valence-electron chi connectivity index (χ2n) is 14.8. The van der Waals surface area contributed by atoms with Gasteiger partial charge in [-0.1, -0.05) is 83.5 Å². The SMILES string of the molecule is CC[Si](CC)(CC)O[C@@H]1C[C@H]2[C@@H](CC=C3C[C@@H](OCc4ccccc4)CC[C@@]32C)[C@@H]2CC[C@]3(OC(=O)C[C@H]3C)[C@@]12C. The molecule has 5 heteroatoms. The van der Waals surface area contributed by atoms with Crippen LogP contribution in [0.5, 0.6) is 0 Å². The number of rotatable bonds is 8. The zero-order valence-electron chi connectivity index (χ0n) is 26.5. The summed E-state index contributed by atoms with van der Waals surface area (Å²) in [6, 6.07) is 14.1. The predicted molar refractivity (Wildman–Crippen MR) is 167 cm³/mol. The van der Waals surface area contributed by atoms with Gasteiger partial charge in [0, 0.05) is 11.3 Å². The lowest BCUT2D eigenvalue weighted by Crippen LogP contribution is -2.64. The van der Waals surface area contributed by atoms with Crippen molar-refractivity contribution in [2.75, 3.05) is 0 Å². The molecule has 1 saturated heterocycles. The van der Waals surface area contributed by atoms with Gasteiger partial charge in [-0.05, 0) is 91.8 Å². The summed E-state index contributed by atoms with van der Waals surface area (Å²) in [5, 5.41) is 0. The average molecular weight is 579 g/mol. The van der Waals surface area contributed by atoms with Crippen LogP contribution in [0.4, 0.5) is 0 Å². The van der Waals surface area contributed by atoms with Gasteiger partial charge in [0.05, 0.1) is 25.2 Å². The molecule has 5 aliphatic rings. The van der Waals surface area contributed by atoms with Gasteiger partial charge >= 0.3 is 5.97 Å². The smallest absolute Gasteiger partial charge is 0.306 e. The topological polar surface area (TPSA) is 44.8 Å². The van der Waals surface area contributed by atoms with Crippen molar-refractivity contribution in [1.29, 1.82) is 0 Å². The van der Waals surface area contributed by atoms with Crippen LogP contribution in [0.1, 0.15) is 98.5 Å². The summed E-state index contributed by atoms with van der Waals surface area (Å²) in [5.74, 6) is 2.08. The molecule has 4 aliphatic carbocycles. The van der Waals surface area contributed by atoms with Crippen LogP contribution in [0.15, 0.2) is 42.0 Å². The molecule has 6 rings (SSSR count). The lowest BCUT2D eigenvalue weighted by Gasteiger charge is -2.63. The Kier molecular flexibility index (Phi) is 7.90. The van der Waals surface area contributed by atoms with Gasteiger partial charge < -0.3 is 13.9 Å². The van der Waals surface area contributed by atoms with Gasteiger partial charge in [0.2, 0.25) is 0 Å². The van der Waals surface area contributed by atoms with Gasteiger partial charge in [-0.2, -0.15) is 0 Å². The summed E-state index contributed by atoms with van der Waals surface area (Å²) in [4.78, 5) is 12.8. The molecule has 9 atom stereocenters. The van der Waals surface area contributed by atoms with Crippen molar-refractivity contribution in [3.05, 3.63) is 47.5 Å². The second-order valence-corrected chi connectivity index (χ2v) is 19.5. The maximum atomic E-state index is 12.8. The van der Waals surface area contributed by atoms with Gasteiger partial charge in [0.25, 0.3) is 0 Å². The fourth-order valence-electron chi connectivity index (χ4n) is 10.7. The average Bonchev–Trinajstić information content (AvgIpc) is 3.46. The first-order valence-electron chi connectivity index (χ1n) is 16.9. The van der Waals surface area contributed by atoms with E-state index >= 15 is 0 Å². The summed E-state index contributed by atoms with van der Waals surface area (Å²) in [6.45, 7) is 15.1. The zero-order valence-corrected chi connectivity index (χ0v) is 27.5. The van der Waals surface area contributed by atoms with Crippen LogP contribution in [-0.4, -0.2) is 32.1 Å². The maximum absolute atomic E-state index is 12.8. The van der Waals surface area contributed by atoms with Crippen LogP contribution in [0.2, 0.25) is 18.1 Å². The molecule has 0 N–H and O–H groups in total. The van der Waals surface area contributed by atoms with Gasteiger partial charge in [-0.25, -0.2) is 0 Å². The highest BCUT2D eigenvalue weighted by molar-refractivity contribution is 6.73. The third kappa shape index (κ3) is 4.54. The third-order valence-electron chi connectivity index (χ3n) is 13.5. The third-order valence-corrected chi connectivity index (χ3v) is 18.2. The molecule has 1 heterocycles. The van der Waals surface area contributed by atoms with Gasteiger partial charge in [-0.3, -0.25) is 4.79 Å². The minimum atomic E-state index is -1.87. The molecule has 3 saturated carbocycles. The van der Waals surface area contributed by atoms with Gasteiger partial charge in [0.15, 0.2) is 8.32 Å². The Labute approximate surface area is 250 Å². The number of benzene rings is 1. The normalized spacial score (nSPS) is 41.9. The molecular formula is C36H54O4Si. The number of esters is 1. The lowest BCUT2D eigenvalue weighted by molar-refractivity contribution is -0.200. The first-order valence-corrected chi connectivity index (χ1v) is 19.4. The molecular weight excluding hydrogens is 524 g/mol. The summed E-state index contributed by atoms with van der Waals surface area (Å²) < 4.78 is 20.6. The number of hydrogen-bond acceptors (Lipinski definition) is 4. The standard InChI is InChI=1S/C36H54O4Si/c1-7-41(8-2,9-3)40-32-23-31-29(30-18-20-36(35(30,32)6)25(4)21-33(37)39-36)16-15-27-22-28(17-19-34(27,31)5)38-24-26-13-11-10-12-14-26/h10-15,25,28-32H,7-9,16-24H2,1-6H3/t25-,28+,29+,30+,31+,32-,34+,35-,36-/m1/s1. The molecule has 41 heavy (non-hydrogen) atoms. The maximum Gasteiger partial charge on any atom is 0.306 e. The van der Waals surface area contributed by atoms with Crippen molar-refractivity contribution >= 4 is 14.3 Å². The van der Waals surface area contributed by atoms with E-state index in [0.717, 1.165) is 56.7 Å². The number of allylic oxidation sites excluding steroid dienone is 1. The summed E-state index contributed by atoms with van der Waals surface area (Å²) >= 11 is 0.